The van der Waals surface area contributed by atoms with Crippen LogP contribution in [-0.2, 0) is 9.53 Å². The summed E-state index contributed by atoms with van der Waals surface area (Å²) in [6.07, 6.45) is 5.94. The van der Waals surface area contributed by atoms with Gasteiger partial charge in [0.15, 0.2) is 0 Å². The summed E-state index contributed by atoms with van der Waals surface area (Å²) >= 11 is 0. The van der Waals surface area contributed by atoms with Gasteiger partial charge in [-0.3, -0.25) is 4.79 Å². The smallest absolute Gasteiger partial charge is 0.239 e. The van der Waals surface area contributed by atoms with Crippen molar-refractivity contribution in [3.05, 3.63) is 0 Å². The van der Waals surface area contributed by atoms with Gasteiger partial charge in [0, 0.05) is 26.3 Å². The quantitative estimate of drug-likeness (QED) is 0.839. The molecule has 1 amide bonds. The third-order valence-corrected chi connectivity index (χ3v) is 4.89. The van der Waals surface area contributed by atoms with E-state index in [0.29, 0.717) is 11.8 Å². The summed E-state index contributed by atoms with van der Waals surface area (Å²) in [5.74, 6) is 1.83. The zero-order valence-electron chi connectivity index (χ0n) is 13.1. The molecule has 2 atom stereocenters. The molecule has 0 aromatic carbocycles. The predicted octanol–water partition coefficient (Wildman–Crippen LogP) is 2.04. The van der Waals surface area contributed by atoms with Gasteiger partial charge in [-0.1, -0.05) is 0 Å². The Morgan fingerprint density at radius 2 is 1.85 bits per heavy atom. The van der Waals surface area contributed by atoms with Crippen LogP contribution in [0.1, 0.15) is 46.0 Å². The number of likely N-dealkylation sites (N-methyl/N-ethyl adjacent to an activating group) is 1. The highest BCUT2D eigenvalue weighted by molar-refractivity contribution is 5.82. The largest absolute Gasteiger partial charge is 0.381 e. The maximum absolute atomic E-state index is 12.4. The van der Waals surface area contributed by atoms with Gasteiger partial charge in [-0.05, 0) is 64.3 Å². The fourth-order valence-corrected chi connectivity index (χ4v) is 3.61. The van der Waals surface area contributed by atoms with Crippen molar-refractivity contribution in [1.29, 1.82) is 0 Å². The number of amides is 1. The van der Waals surface area contributed by atoms with E-state index < -0.39 is 0 Å². The molecule has 0 spiro atoms. The zero-order valence-corrected chi connectivity index (χ0v) is 13.1. The van der Waals surface area contributed by atoms with E-state index in [9.17, 15) is 4.79 Å². The van der Waals surface area contributed by atoms with E-state index in [4.69, 9.17) is 4.74 Å². The third-order valence-electron chi connectivity index (χ3n) is 4.89. The number of nitrogens with zero attached hydrogens (tertiary/aromatic N) is 1. The van der Waals surface area contributed by atoms with Gasteiger partial charge in [0.05, 0.1) is 6.04 Å². The molecule has 2 heterocycles. The summed E-state index contributed by atoms with van der Waals surface area (Å²) < 4.78 is 5.44. The van der Waals surface area contributed by atoms with Crippen LogP contribution >= 0.6 is 0 Å². The van der Waals surface area contributed by atoms with Gasteiger partial charge < -0.3 is 15.0 Å². The monoisotopic (exact) mass is 282 g/mol. The Bertz CT molecular complexity index is 299. The number of nitrogens with one attached hydrogen (secondary N) is 1. The van der Waals surface area contributed by atoms with Gasteiger partial charge in [0.25, 0.3) is 0 Å². The molecule has 2 aliphatic heterocycles. The van der Waals surface area contributed by atoms with Crippen molar-refractivity contribution in [2.24, 2.45) is 11.8 Å². The molecule has 0 aromatic heterocycles. The van der Waals surface area contributed by atoms with Crippen LogP contribution in [0.15, 0.2) is 0 Å². The number of ether oxygens (including phenoxy) is 1. The normalized spacial score (nSPS) is 28.3. The summed E-state index contributed by atoms with van der Waals surface area (Å²) in [6, 6.07) is 0.0495. The molecule has 4 heteroatoms. The molecule has 0 aromatic rings. The van der Waals surface area contributed by atoms with E-state index in [0.717, 1.165) is 45.2 Å². The van der Waals surface area contributed by atoms with Crippen molar-refractivity contribution in [2.45, 2.75) is 52.0 Å². The Hall–Kier alpha value is -0.610. The summed E-state index contributed by atoms with van der Waals surface area (Å²) in [5, 5.41) is 3.42. The van der Waals surface area contributed by atoms with E-state index in [1.54, 1.807) is 0 Å². The summed E-state index contributed by atoms with van der Waals surface area (Å²) in [5.41, 5.74) is 0. The molecular weight excluding hydrogens is 252 g/mol. The molecule has 4 nitrogen and oxygen atoms in total. The minimum absolute atomic E-state index is 0.0495. The van der Waals surface area contributed by atoms with E-state index in [1.807, 2.05) is 4.90 Å². The van der Waals surface area contributed by atoms with Gasteiger partial charge in [0.1, 0.15) is 0 Å². The first kappa shape index (κ1) is 15.8. The zero-order chi connectivity index (χ0) is 14.4. The Kier molecular flexibility index (Phi) is 6.30. The Morgan fingerprint density at radius 3 is 2.50 bits per heavy atom. The van der Waals surface area contributed by atoms with Gasteiger partial charge >= 0.3 is 0 Å². The van der Waals surface area contributed by atoms with Gasteiger partial charge in [0.2, 0.25) is 5.91 Å². The third kappa shape index (κ3) is 4.19. The first-order chi connectivity index (χ1) is 9.74. The Labute approximate surface area is 123 Å². The van der Waals surface area contributed by atoms with Crippen LogP contribution in [0.3, 0.4) is 0 Å². The van der Waals surface area contributed by atoms with Crippen LogP contribution in [0, 0.1) is 11.8 Å². The highest BCUT2D eigenvalue weighted by atomic mass is 16.5. The minimum Gasteiger partial charge on any atom is -0.381 e. The molecule has 2 unspecified atom stereocenters. The average Bonchev–Trinajstić information content (AvgIpc) is 2.49. The van der Waals surface area contributed by atoms with Gasteiger partial charge in [-0.25, -0.2) is 0 Å². The van der Waals surface area contributed by atoms with E-state index in [1.165, 1.54) is 25.7 Å². The lowest BCUT2D eigenvalue weighted by Gasteiger charge is -2.35. The van der Waals surface area contributed by atoms with Crippen LogP contribution in [0.4, 0.5) is 0 Å². The first-order valence-corrected chi connectivity index (χ1v) is 8.34. The highest BCUT2D eigenvalue weighted by Crippen LogP contribution is 2.29. The minimum atomic E-state index is 0.0495. The van der Waals surface area contributed by atoms with Crippen molar-refractivity contribution >= 4 is 5.91 Å². The molecule has 20 heavy (non-hydrogen) atoms. The standard InChI is InChI=1S/C16H30N2O2/c1-3-18(4-2)16(19)15-12-14(5-8-17-15)11-13-6-9-20-10-7-13/h13-15,17H,3-12H2,1-2H3. The predicted molar refractivity (Wildman–Crippen MR) is 80.6 cm³/mol. The molecule has 0 aliphatic carbocycles. The molecule has 1 N–H and O–H groups in total. The summed E-state index contributed by atoms with van der Waals surface area (Å²) in [6.45, 7) is 8.60. The lowest BCUT2D eigenvalue weighted by Crippen LogP contribution is -2.50. The second-order valence-corrected chi connectivity index (χ2v) is 6.20. The summed E-state index contributed by atoms with van der Waals surface area (Å²) in [7, 11) is 0. The van der Waals surface area contributed by atoms with Crippen LogP contribution in [0.25, 0.3) is 0 Å². The number of hydrogen-bond acceptors (Lipinski definition) is 3. The lowest BCUT2D eigenvalue weighted by atomic mass is 9.82. The first-order valence-electron chi connectivity index (χ1n) is 8.34. The van der Waals surface area contributed by atoms with Crippen molar-refractivity contribution in [3.63, 3.8) is 0 Å². The Balaban J connectivity index is 1.82. The summed E-state index contributed by atoms with van der Waals surface area (Å²) in [4.78, 5) is 14.4. The molecule has 116 valence electrons. The second kappa shape index (κ2) is 7.99. The average molecular weight is 282 g/mol. The fourth-order valence-electron chi connectivity index (χ4n) is 3.61. The molecule has 0 bridgehead atoms. The molecule has 0 radical (unpaired) electrons. The fraction of sp³-hybridized carbons (Fsp3) is 0.938. The van der Waals surface area contributed by atoms with Gasteiger partial charge in [-0.2, -0.15) is 0 Å². The Morgan fingerprint density at radius 1 is 1.15 bits per heavy atom. The SMILES string of the molecule is CCN(CC)C(=O)C1CC(CC2CCOCC2)CCN1. The number of piperidine rings is 1. The number of hydrogen-bond donors (Lipinski definition) is 1. The molecule has 2 saturated heterocycles. The van der Waals surface area contributed by atoms with Crippen molar-refractivity contribution in [3.8, 4) is 0 Å². The maximum atomic E-state index is 12.4. The van der Waals surface area contributed by atoms with E-state index in [2.05, 4.69) is 19.2 Å². The number of carbonyl (C=O) groups is 1. The highest BCUT2D eigenvalue weighted by Gasteiger charge is 2.30. The van der Waals surface area contributed by atoms with Crippen LogP contribution in [0.5, 0.6) is 0 Å². The van der Waals surface area contributed by atoms with Crippen LogP contribution in [0.2, 0.25) is 0 Å². The van der Waals surface area contributed by atoms with E-state index in [-0.39, 0.29) is 6.04 Å². The molecule has 2 fully saturated rings. The van der Waals surface area contributed by atoms with Crippen LogP contribution < -0.4 is 5.32 Å². The van der Waals surface area contributed by atoms with Crippen molar-refractivity contribution in [2.75, 3.05) is 32.8 Å². The van der Waals surface area contributed by atoms with Crippen molar-refractivity contribution < 1.29 is 9.53 Å². The van der Waals surface area contributed by atoms with Gasteiger partial charge in [-0.15, -0.1) is 0 Å². The van der Waals surface area contributed by atoms with Crippen LogP contribution in [-0.4, -0.2) is 49.7 Å². The maximum Gasteiger partial charge on any atom is 0.239 e. The van der Waals surface area contributed by atoms with E-state index >= 15 is 0 Å². The number of carbonyl (C=O) groups excluding carboxylic acids is 1. The molecule has 0 saturated carbocycles. The topological polar surface area (TPSA) is 41.6 Å². The van der Waals surface area contributed by atoms with Crippen molar-refractivity contribution in [1.82, 2.24) is 10.2 Å². The second-order valence-electron chi connectivity index (χ2n) is 6.20. The number of rotatable bonds is 5. The molecule has 2 rings (SSSR count). The molecule has 2 aliphatic rings. The molecular formula is C16H30N2O2. The lowest BCUT2D eigenvalue weighted by molar-refractivity contribution is -0.134.